The molecule has 1 fully saturated rings. The van der Waals surface area contributed by atoms with Crippen molar-refractivity contribution in [1.29, 1.82) is 0 Å². The van der Waals surface area contributed by atoms with E-state index in [1.165, 1.54) is 0 Å². The third-order valence-electron chi connectivity index (χ3n) is 5.14. The third-order valence-corrected chi connectivity index (χ3v) is 6.16. The maximum Gasteiger partial charge on any atom is 0.319 e. The minimum Gasteiger partial charge on any atom is -0.381 e. The number of anilines is 1. The summed E-state index contributed by atoms with van der Waals surface area (Å²) in [7, 11) is -4.24. The number of quaternary nitrogens is 1. The summed E-state index contributed by atoms with van der Waals surface area (Å²) in [5.41, 5.74) is 3.35. The molecular weight excluding hydrogens is 392 g/mol. The maximum absolute atomic E-state index is 11.6. The molecule has 2 aliphatic heterocycles. The van der Waals surface area contributed by atoms with Crippen LogP contribution < -0.4 is 9.91 Å². The first-order valence-electron chi connectivity index (χ1n) is 9.18. The van der Waals surface area contributed by atoms with Crippen molar-refractivity contribution in [3.8, 4) is 0 Å². The van der Waals surface area contributed by atoms with Crippen LogP contribution in [0.1, 0.15) is 43.5 Å². The molecule has 0 aromatic carbocycles. The van der Waals surface area contributed by atoms with Gasteiger partial charge in [-0.3, -0.25) is 4.55 Å². The molecule has 0 spiro atoms. The molecule has 10 heteroatoms. The topological polar surface area (TPSA) is 101 Å². The van der Waals surface area contributed by atoms with E-state index in [1.807, 2.05) is 13.8 Å². The fourth-order valence-electron chi connectivity index (χ4n) is 3.67. The van der Waals surface area contributed by atoms with Crippen molar-refractivity contribution in [2.75, 3.05) is 31.0 Å². The first-order chi connectivity index (χ1) is 12.8. The van der Waals surface area contributed by atoms with Gasteiger partial charge in [-0.15, -0.1) is 16.2 Å². The lowest BCUT2D eigenvalue weighted by molar-refractivity contribution is 0.0904. The van der Waals surface area contributed by atoms with Gasteiger partial charge in [0.2, 0.25) is 5.88 Å². The van der Waals surface area contributed by atoms with Crippen LogP contribution in [0.25, 0.3) is 0 Å². The van der Waals surface area contributed by atoms with E-state index in [0.29, 0.717) is 37.9 Å². The number of alkyl halides is 1. The SMILES string of the molecule is CCc1nc2c(c(NC3CCOCC3)c1CCl)C=N[N+]2(CC)CS(=O)(=O)O. The number of rotatable bonds is 7. The molecule has 8 nitrogen and oxygen atoms in total. The van der Waals surface area contributed by atoms with Gasteiger partial charge < -0.3 is 10.1 Å². The van der Waals surface area contributed by atoms with E-state index in [-0.39, 0.29) is 10.6 Å². The zero-order valence-electron chi connectivity index (χ0n) is 15.6. The van der Waals surface area contributed by atoms with Crippen LogP contribution in [-0.2, 0) is 27.2 Å². The Morgan fingerprint density at radius 2 is 2.07 bits per heavy atom. The average molecular weight is 418 g/mol. The Morgan fingerprint density at radius 3 is 2.63 bits per heavy atom. The standard InChI is InChI=1S/C17H25ClN4O4S/c1-3-15-13(9-18)16(20-12-5-7-26-8-6-12)14-10-19-22(4-2,17(14)21-15)11-27(23,24)25/h10,12H,3-9,11H2,1-2H3,(H-,20,21,23,24,25)/p+1. The third kappa shape index (κ3) is 4.12. The zero-order chi connectivity index (χ0) is 19.7. The van der Waals surface area contributed by atoms with Crippen molar-refractivity contribution in [2.24, 2.45) is 5.10 Å². The largest absolute Gasteiger partial charge is 0.381 e. The minimum atomic E-state index is -4.24. The second kappa shape index (κ2) is 8.00. The van der Waals surface area contributed by atoms with Gasteiger partial charge in [0.25, 0.3) is 5.82 Å². The molecule has 1 saturated heterocycles. The van der Waals surface area contributed by atoms with E-state index in [9.17, 15) is 13.0 Å². The summed E-state index contributed by atoms with van der Waals surface area (Å²) in [6.45, 7) is 5.58. The lowest BCUT2D eigenvalue weighted by atomic mass is 10.0. The lowest BCUT2D eigenvalue weighted by Gasteiger charge is -2.29. The smallest absolute Gasteiger partial charge is 0.319 e. The van der Waals surface area contributed by atoms with Crippen molar-refractivity contribution < 1.29 is 17.7 Å². The Kier molecular flexibility index (Phi) is 6.07. The van der Waals surface area contributed by atoms with Crippen LogP contribution in [-0.4, -0.2) is 55.8 Å². The van der Waals surface area contributed by atoms with E-state index in [2.05, 4.69) is 10.4 Å². The summed E-state index contributed by atoms with van der Waals surface area (Å²) < 4.78 is 37.9. The van der Waals surface area contributed by atoms with Crippen molar-refractivity contribution in [2.45, 2.75) is 45.0 Å². The molecule has 3 rings (SSSR count). The maximum atomic E-state index is 11.6. The highest BCUT2D eigenvalue weighted by Gasteiger charge is 2.44. The van der Waals surface area contributed by atoms with Gasteiger partial charge >= 0.3 is 10.1 Å². The summed E-state index contributed by atoms with van der Waals surface area (Å²) in [6, 6.07) is 0.246. The quantitative estimate of drug-likeness (QED) is 0.401. The van der Waals surface area contributed by atoms with E-state index < -0.39 is 16.0 Å². The van der Waals surface area contributed by atoms with Gasteiger partial charge in [-0.25, -0.2) is 0 Å². The molecule has 0 radical (unpaired) electrons. The van der Waals surface area contributed by atoms with E-state index in [1.54, 1.807) is 6.21 Å². The normalized spacial score (nSPS) is 22.8. The highest BCUT2D eigenvalue weighted by molar-refractivity contribution is 7.85. The molecule has 0 saturated carbocycles. The number of fused-ring (bicyclic) bond motifs is 1. The van der Waals surface area contributed by atoms with E-state index >= 15 is 0 Å². The highest BCUT2D eigenvalue weighted by atomic mass is 35.5. The molecule has 0 amide bonds. The number of pyridine rings is 1. The van der Waals surface area contributed by atoms with Gasteiger partial charge in [-0.2, -0.15) is 13.4 Å². The second-order valence-electron chi connectivity index (χ2n) is 6.86. The van der Waals surface area contributed by atoms with Crippen LogP contribution in [0.2, 0.25) is 0 Å². The van der Waals surface area contributed by atoms with E-state index in [0.717, 1.165) is 35.3 Å². The number of nitrogens with one attached hydrogen (secondary N) is 1. The van der Waals surface area contributed by atoms with Gasteiger partial charge in [-0.1, -0.05) is 12.0 Å². The highest BCUT2D eigenvalue weighted by Crippen LogP contribution is 2.39. The molecular formula is C17H26ClN4O4S+. The fraction of sp³-hybridized carbons (Fsp3) is 0.647. The van der Waals surface area contributed by atoms with Crippen molar-refractivity contribution in [3.63, 3.8) is 0 Å². The Bertz CT molecular complexity index is 840. The van der Waals surface area contributed by atoms with Gasteiger partial charge in [0.05, 0.1) is 17.3 Å². The zero-order valence-corrected chi connectivity index (χ0v) is 17.2. The first kappa shape index (κ1) is 20.5. The molecule has 1 aromatic heterocycles. The number of aryl methyl sites for hydroxylation is 1. The molecule has 1 unspecified atom stereocenters. The summed E-state index contributed by atoms with van der Waals surface area (Å²) in [5.74, 6) is 0.295. The predicted molar refractivity (Wildman–Crippen MR) is 107 cm³/mol. The first-order valence-corrected chi connectivity index (χ1v) is 11.3. The average Bonchev–Trinajstić information content (AvgIpc) is 2.99. The summed E-state index contributed by atoms with van der Waals surface area (Å²) in [4.78, 5) is 4.73. The van der Waals surface area contributed by atoms with E-state index in [4.69, 9.17) is 21.3 Å². The van der Waals surface area contributed by atoms with Crippen LogP contribution in [0.15, 0.2) is 5.10 Å². The van der Waals surface area contributed by atoms with Crippen molar-refractivity contribution in [1.82, 2.24) is 9.58 Å². The van der Waals surface area contributed by atoms with Crippen LogP contribution in [0.4, 0.5) is 11.5 Å². The molecule has 27 heavy (non-hydrogen) atoms. The second-order valence-corrected chi connectivity index (χ2v) is 8.55. The monoisotopic (exact) mass is 417 g/mol. The number of hydrogen-bond acceptors (Lipinski definition) is 6. The summed E-state index contributed by atoms with van der Waals surface area (Å²) in [6.07, 6.45) is 4.08. The molecule has 1 aromatic rings. The molecule has 3 heterocycles. The molecule has 1 atom stereocenters. The minimum absolute atomic E-state index is 0.246. The van der Waals surface area contributed by atoms with Crippen LogP contribution in [0.3, 0.4) is 0 Å². The number of hydrogen-bond donors (Lipinski definition) is 2. The predicted octanol–water partition coefficient (Wildman–Crippen LogP) is 2.49. The van der Waals surface area contributed by atoms with Gasteiger partial charge in [0.15, 0.2) is 0 Å². The van der Waals surface area contributed by atoms with Crippen LogP contribution >= 0.6 is 11.6 Å². The van der Waals surface area contributed by atoms with Gasteiger partial charge in [-0.05, 0) is 26.2 Å². The molecule has 0 bridgehead atoms. The Morgan fingerprint density at radius 1 is 1.37 bits per heavy atom. The van der Waals surface area contributed by atoms with Crippen molar-refractivity contribution in [3.05, 3.63) is 16.8 Å². The van der Waals surface area contributed by atoms with Crippen LogP contribution in [0.5, 0.6) is 0 Å². The number of nitrogens with zero attached hydrogens (tertiary/aromatic N) is 3. The Labute approximate surface area is 164 Å². The van der Waals surface area contributed by atoms with Gasteiger partial charge in [0.1, 0.15) is 18.3 Å². The fourth-order valence-corrected chi connectivity index (χ4v) is 4.87. The molecule has 0 aliphatic carbocycles. The Balaban J connectivity index is 2.12. The number of aromatic nitrogens is 1. The summed E-state index contributed by atoms with van der Waals surface area (Å²) in [5, 5.41) is 8.03. The molecule has 150 valence electrons. The van der Waals surface area contributed by atoms with Gasteiger partial charge in [0, 0.05) is 24.8 Å². The number of ether oxygens (including phenoxy) is 1. The lowest BCUT2D eigenvalue weighted by Crippen LogP contribution is -2.46. The molecule has 2 aliphatic rings. The molecule has 2 N–H and O–H groups in total. The number of halogens is 1. The van der Waals surface area contributed by atoms with Crippen molar-refractivity contribution >= 4 is 39.4 Å². The Hall–Kier alpha value is -1.26. The summed E-state index contributed by atoms with van der Waals surface area (Å²) >= 11 is 6.26. The van der Waals surface area contributed by atoms with Crippen LogP contribution in [0, 0.1) is 0 Å².